The number of aromatic nitrogens is 3. The normalized spacial score (nSPS) is 13.8. The summed E-state index contributed by atoms with van der Waals surface area (Å²) in [5.74, 6) is -1.08. The molecule has 0 radical (unpaired) electrons. The summed E-state index contributed by atoms with van der Waals surface area (Å²) in [6.45, 7) is 1.33. The van der Waals surface area contributed by atoms with Crippen molar-refractivity contribution in [2.75, 3.05) is 18.4 Å². The summed E-state index contributed by atoms with van der Waals surface area (Å²) in [5, 5.41) is 9.83. The van der Waals surface area contributed by atoms with Crippen LogP contribution in [0.5, 0.6) is 0 Å². The van der Waals surface area contributed by atoms with Gasteiger partial charge in [0.05, 0.1) is 5.52 Å². The molecule has 0 spiro atoms. The van der Waals surface area contributed by atoms with Gasteiger partial charge < -0.3 is 14.6 Å². The van der Waals surface area contributed by atoms with Crippen molar-refractivity contribution in [2.45, 2.75) is 32.2 Å². The second kappa shape index (κ2) is 9.38. The first-order valence-corrected chi connectivity index (χ1v) is 11.4. The summed E-state index contributed by atoms with van der Waals surface area (Å²) in [5.41, 5.74) is 3.49. The molecule has 2 N–H and O–H groups in total. The number of oxazole rings is 1. The SMILES string of the molecule is O=C(Nc1ccc2oc(=O)n(CC(=O)N3CCCCC3)c2c1)c1cc(Cc2ccccc2)[nH]n1. The molecule has 34 heavy (non-hydrogen) atoms. The van der Waals surface area contributed by atoms with E-state index >= 15 is 0 Å². The van der Waals surface area contributed by atoms with Crippen LogP contribution in [0, 0.1) is 0 Å². The Morgan fingerprint density at radius 3 is 2.62 bits per heavy atom. The van der Waals surface area contributed by atoms with Gasteiger partial charge in [-0.25, -0.2) is 4.79 Å². The van der Waals surface area contributed by atoms with Crippen molar-refractivity contribution in [1.82, 2.24) is 19.7 Å². The van der Waals surface area contributed by atoms with Crippen molar-refractivity contribution < 1.29 is 14.0 Å². The van der Waals surface area contributed by atoms with E-state index in [9.17, 15) is 14.4 Å². The first-order valence-electron chi connectivity index (χ1n) is 11.4. The third-order valence-corrected chi connectivity index (χ3v) is 6.03. The number of likely N-dealkylation sites (tertiary alicyclic amines) is 1. The fourth-order valence-electron chi connectivity index (χ4n) is 4.25. The third kappa shape index (κ3) is 4.63. The zero-order chi connectivity index (χ0) is 23.5. The van der Waals surface area contributed by atoms with Gasteiger partial charge in [-0.3, -0.25) is 19.3 Å². The Labute approximate surface area is 195 Å². The van der Waals surface area contributed by atoms with E-state index in [4.69, 9.17) is 4.42 Å². The number of nitrogens with one attached hydrogen (secondary N) is 2. The molecular weight excluding hydrogens is 434 g/mol. The third-order valence-electron chi connectivity index (χ3n) is 6.03. The molecule has 0 saturated carbocycles. The number of aromatic amines is 1. The number of anilines is 1. The molecular formula is C25H25N5O4. The van der Waals surface area contributed by atoms with E-state index in [1.807, 2.05) is 30.3 Å². The predicted molar refractivity (Wildman–Crippen MR) is 127 cm³/mol. The summed E-state index contributed by atoms with van der Waals surface area (Å²) in [6.07, 6.45) is 3.71. The minimum absolute atomic E-state index is 0.0918. The summed E-state index contributed by atoms with van der Waals surface area (Å²) in [4.78, 5) is 39.6. The van der Waals surface area contributed by atoms with Gasteiger partial charge in [-0.1, -0.05) is 30.3 Å². The highest BCUT2D eigenvalue weighted by molar-refractivity contribution is 6.03. The van der Waals surface area contributed by atoms with E-state index in [1.165, 1.54) is 4.57 Å². The van der Waals surface area contributed by atoms with Gasteiger partial charge in [0.25, 0.3) is 5.91 Å². The number of carbonyl (C=O) groups is 2. The Morgan fingerprint density at radius 2 is 1.82 bits per heavy atom. The number of hydrogen-bond donors (Lipinski definition) is 2. The molecule has 1 fully saturated rings. The zero-order valence-electron chi connectivity index (χ0n) is 18.6. The maximum absolute atomic E-state index is 12.7. The summed E-state index contributed by atoms with van der Waals surface area (Å²) >= 11 is 0. The van der Waals surface area contributed by atoms with Gasteiger partial charge in [0, 0.05) is 30.9 Å². The van der Waals surface area contributed by atoms with Crippen LogP contribution in [-0.2, 0) is 17.8 Å². The highest BCUT2D eigenvalue weighted by Gasteiger charge is 2.20. The van der Waals surface area contributed by atoms with Gasteiger partial charge in [-0.2, -0.15) is 5.10 Å². The molecule has 0 bridgehead atoms. The molecule has 174 valence electrons. The van der Waals surface area contributed by atoms with E-state index in [1.54, 1.807) is 29.2 Å². The van der Waals surface area contributed by atoms with Crippen LogP contribution >= 0.6 is 0 Å². The standard InChI is InChI=1S/C25H25N5O4/c31-23(29-11-5-2-6-12-29)16-30-21-15-18(9-10-22(21)34-25(30)33)26-24(32)20-14-19(27-28-20)13-17-7-3-1-4-8-17/h1,3-4,7-10,14-15H,2,5-6,11-13,16H2,(H,26,32)(H,27,28). The number of H-pyrrole nitrogens is 1. The Morgan fingerprint density at radius 1 is 1.03 bits per heavy atom. The van der Waals surface area contributed by atoms with Crippen LogP contribution in [0.3, 0.4) is 0 Å². The van der Waals surface area contributed by atoms with Crippen LogP contribution in [0.4, 0.5) is 5.69 Å². The topological polar surface area (TPSA) is 113 Å². The van der Waals surface area contributed by atoms with Crippen molar-refractivity contribution in [1.29, 1.82) is 0 Å². The number of nitrogens with zero attached hydrogens (tertiary/aromatic N) is 3. The first-order chi connectivity index (χ1) is 16.6. The monoisotopic (exact) mass is 459 g/mol. The van der Waals surface area contributed by atoms with Crippen molar-refractivity contribution in [3.63, 3.8) is 0 Å². The number of benzene rings is 2. The molecule has 2 amide bonds. The second-order valence-corrected chi connectivity index (χ2v) is 8.47. The quantitative estimate of drug-likeness (QED) is 0.460. The molecule has 1 aliphatic heterocycles. The Bertz CT molecular complexity index is 1380. The number of piperidine rings is 1. The highest BCUT2D eigenvalue weighted by Crippen LogP contribution is 2.20. The largest absolute Gasteiger partial charge is 0.420 e. The number of hydrogen-bond acceptors (Lipinski definition) is 5. The van der Waals surface area contributed by atoms with Crippen LogP contribution in [-0.4, -0.2) is 44.6 Å². The molecule has 4 aromatic rings. The molecule has 2 aromatic carbocycles. The van der Waals surface area contributed by atoms with E-state index in [0.717, 1.165) is 30.5 Å². The van der Waals surface area contributed by atoms with Gasteiger partial charge in [-0.15, -0.1) is 0 Å². The molecule has 5 rings (SSSR count). The minimum atomic E-state index is -0.596. The average Bonchev–Trinajstić information content (AvgIpc) is 3.44. The lowest BCUT2D eigenvalue weighted by molar-refractivity contribution is -0.132. The maximum Gasteiger partial charge on any atom is 0.420 e. The van der Waals surface area contributed by atoms with Crippen LogP contribution in [0.2, 0.25) is 0 Å². The maximum atomic E-state index is 12.7. The fraction of sp³-hybridized carbons (Fsp3) is 0.280. The predicted octanol–water partition coefficient (Wildman–Crippen LogP) is 3.17. The molecule has 0 unspecified atom stereocenters. The number of fused-ring (bicyclic) bond motifs is 1. The lowest BCUT2D eigenvalue weighted by Gasteiger charge is -2.26. The molecule has 9 nitrogen and oxygen atoms in total. The van der Waals surface area contributed by atoms with E-state index in [2.05, 4.69) is 15.5 Å². The number of amides is 2. The Balaban J connectivity index is 1.31. The van der Waals surface area contributed by atoms with Crippen molar-refractivity contribution in [3.05, 3.63) is 82.1 Å². The lowest BCUT2D eigenvalue weighted by atomic mass is 10.1. The number of rotatable bonds is 6. The zero-order valence-corrected chi connectivity index (χ0v) is 18.6. The molecule has 1 aliphatic rings. The Hall–Kier alpha value is -4.14. The van der Waals surface area contributed by atoms with Gasteiger partial charge in [0.15, 0.2) is 11.3 Å². The molecule has 3 heterocycles. The smallest absolute Gasteiger partial charge is 0.408 e. The summed E-state index contributed by atoms with van der Waals surface area (Å²) in [6, 6.07) is 16.5. The fourth-order valence-corrected chi connectivity index (χ4v) is 4.25. The van der Waals surface area contributed by atoms with Crippen molar-refractivity contribution in [2.24, 2.45) is 0 Å². The van der Waals surface area contributed by atoms with Crippen molar-refractivity contribution >= 4 is 28.6 Å². The van der Waals surface area contributed by atoms with E-state index in [-0.39, 0.29) is 24.1 Å². The highest BCUT2D eigenvalue weighted by atomic mass is 16.4. The Kier molecular flexibility index (Phi) is 5.99. The molecule has 9 heteroatoms. The van der Waals surface area contributed by atoms with Crippen LogP contribution in [0.1, 0.15) is 41.0 Å². The molecule has 2 aromatic heterocycles. The van der Waals surface area contributed by atoms with Crippen LogP contribution in [0.25, 0.3) is 11.1 Å². The van der Waals surface area contributed by atoms with Gasteiger partial charge in [0.2, 0.25) is 5.91 Å². The van der Waals surface area contributed by atoms with Gasteiger partial charge in [-0.05, 0) is 49.1 Å². The summed E-state index contributed by atoms with van der Waals surface area (Å²) < 4.78 is 6.61. The van der Waals surface area contributed by atoms with Crippen LogP contribution in [0.15, 0.2) is 63.8 Å². The molecule has 0 atom stereocenters. The van der Waals surface area contributed by atoms with Crippen LogP contribution < -0.4 is 11.1 Å². The number of carbonyl (C=O) groups excluding carboxylic acids is 2. The van der Waals surface area contributed by atoms with Gasteiger partial charge >= 0.3 is 5.76 Å². The molecule has 1 saturated heterocycles. The second-order valence-electron chi connectivity index (χ2n) is 8.47. The lowest BCUT2D eigenvalue weighted by Crippen LogP contribution is -2.39. The van der Waals surface area contributed by atoms with E-state index < -0.39 is 5.76 Å². The molecule has 0 aliphatic carbocycles. The average molecular weight is 460 g/mol. The van der Waals surface area contributed by atoms with E-state index in [0.29, 0.717) is 36.3 Å². The van der Waals surface area contributed by atoms with Gasteiger partial charge in [0.1, 0.15) is 6.54 Å². The minimum Gasteiger partial charge on any atom is -0.408 e. The first kappa shape index (κ1) is 21.7. The van der Waals surface area contributed by atoms with Crippen molar-refractivity contribution in [3.8, 4) is 0 Å². The summed E-state index contributed by atoms with van der Waals surface area (Å²) in [7, 11) is 0.